The third kappa shape index (κ3) is 6.94. The van der Waals surface area contributed by atoms with Gasteiger partial charge in [0.1, 0.15) is 18.1 Å². The van der Waals surface area contributed by atoms with Gasteiger partial charge in [-0.1, -0.05) is 87.5 Å². The van der Waals surface area contributed by atoms with Gasteiger partial charge in [-0.05, 0) is 75.3 Å². The van der Waals surface area contributed by atoms with E-state index in [1.54, 1.807) is 18.3 Å². The molecule has 2 aromatic heterocycles. The molecule has 0 bridgehead atoms. The van der Waals surface area contributed by atoms with Crippen molar-refractivity contribution < 1.29 is 32.0 Å². The molecule has 2 aliphatic heterocycles. The second kappa shape index (κ2) is 14.1. The van der Waals surface area contributed by atoms with E-state index in [2.05, 4.69) is 50.0 Å². The summed E-state index contributed by atoms with van der Waals surface area (Å²) in [7, 11) is -7.72. The first-order valence-corrected chi connectivity index (χ1v) is 20.0. The van der Waals surface area contributed by atoms with Crippen LogP contribution in [0.2, 0.25) is 11.4 Å². The maximum atomic E-state index is 13.7. The topological polar surface area (TPSA) is 119 Å². The van der Waals surface area contributed by atoms with Crippen LogP contribution in [0, 0.1) is 0 Å². The molecular weight excluding hydrogens is 641 g/mol. The minimum atomic E-state index is -3.58. The fraction of sp³-hybridized carbons (Fsp3) is 0.324. The van der Waals surface area contributed by atoms with Crippen molar-refractivity contribution in [3.05, 3.63) is 126 Å². The number of fused-ring (bicyclic) bond motifs is 1. The lowest BCUT2D eigenvalue weighted by Crippen LogP contribution is -2.66. The van der Waals surface area contributed by atoms with Gasteiger partial charge >= 0.3 is 7.12 Å². The smallest absolute Gasteiger partial charge is 0.456 e. The summed E-state index contributed by atoms with van der Waals surface area (Å²) in [6.07, 6.45) is 3.85. The number of pyridine rings is 1. The largest absolute Gasteiger partial charge is 0.459 e. The molecule has 4 aromatic rings. The molecule has 2 aliphatic rings. The predicted molar refractivity (Wildman–Crippen MR) is 192 cm³/mol. The van der Waals surface area contributed by atoms with E-state index in [1.807, 2.05) is 60.7 Å². The summed E-state index contributed by atoms with van der Waals surface area (Å²) in [6, 6.07) is 29.7. The van der Waals surface area contributed by atoms with Gasteiger partial charge in [0.15, 0.2) is 9.84 Å². The van der Waals surface area contributed by atoms with Crippen molar-refractivity contribution in [2.45, 2.75) is 62.9 Å². The summed E-state index contributed by atoms with van der Waals surface area (Å²) in [5.41, 5.74) is 3.03. The number of nitrogens with zero attached hydrogens (tertiary/aromatic N) is 1. The lowest BCUT2D eigenvalue weighted by Gasteiger charge is -2.43. The number of allylic oxidation sites excluding steroid dienone is 1. The van der Waals surface area contributed by atoms with E-state index >= 15 is 0 Å². The van der Waals surface area contributed by atoms with Crippen molar-refractivity contribution in [3.8, 4) is 0 Å². The van der Waals surface area contributed by atoms with Crippen LogP contribution in [-0.4, -0.2) is 62.7 Å². The number of aliphatic hydroxyl groups is 1. The van der Waals surface area contributed by atoms with Gasteiger partial charge in [-0.3, -0.25) is 4.98 Å². The molecule has 250 valence electrons. The summed E-state index contributed by atoms with van der Waals surface area (Å²) in [5.74, 6) is 0.899. The monoisotopic (exact) mass is 683 g/mol. The van der Waals surface area contributed by atoms with Crippen LogP contribution in [0.3, 0.4) is 0 Å². The molecule has 0 amide bonds. The molecule has 1 saturated heterocycles. The lowest BCUT2D eigenvalue weighted by molar-refractivity contribution is 0.170. The van der Waals surface area contributed by atoms with E-state index < -0.39 is 36.6 Å². The number of aliphatic hydroxyl groups excluding tert-OH is 1. The highest BCUT2D eigenvalue weighted by atomic mass is 32.2. The lowest BCUT2D eigenvalue weighted by atomic mass is 9.74. The Kier molecular flexibility index (Phi) is 10.1. The van der Waals surface area contributed by atoms with E-state index in [1.165, 1.54) is 0 Å². The van der Waals surface area contributed by atoms with Crippen molar-refractivity contribution in [2.24, 2.45) is 0 Å². The molecule has 48 heavy (non-hydrogen) atoms. The normalized spacial score (nSPS) is 19.9. The number of furan rings is 1. The molecule has 0 spiro atoms. The standard InChI is InChI=1S/C37H42BNO7SSi/c1-37(2,3)48(31-12-6-4-7-13-31,32-14-8-5-9-15-32)44-25-28-26-47(42,43)35-23-38(41)46-34(36(28)35)20-17-27(33-16-10-11-21-39-33)22-29-18-19-30(24-40)45-29/h4-16,18-19,21-22,34-35,40-41H,17,20,23-26H2,1-3H3/b27-22-/t34-,35+/m1/s1. The number of aromatic nitrogens is 1. The predicted octanol–water partition coefficient (Wildman–Crippen LogP) is 5.04. The number of benzene rings is 2. The van der Waals surface area contributed by atoms with Crippen LogP contribution in [0.5, 0.6) is 0 Å². The van der Waals surface area contributed by atoms with Crippen molar-refractivity contribution in [3.63, 3.8) is 0 Å². The summed E-state index contributed by atoms with van der Waals surface area (Å²) >= 11 is 0. The minimum absolute atomic E-state index is 0.00382. The fourth-order valence-electron chi connectivity index (χ4n) is 7.21. The molecule has 2 aromatic carbocycles. The molecule has 2 N–H and O–H groups in total. The highest BCUT2D eigenvalue weighted by Gasteiger charge is 2.52. The van der Waals surface area contributed by atoms with Crippen LogP contribution >= 0.6 is 0 Å². The maximum Gasteiger partial charge on any atom is 0.456 e. The Hall–Kier alpha value is -3.58. The van der Waals surface area contributed by atoms with E-state index in [0.717, 1.165) is 21.6 Å². The highest BCUT2D eigenvalue weighted by Crippen LogP contribution is 2.42. The third-order valence-corrected chi connectivity index (χ3v) is 16.4. The summed E-state index contributed by atoms with van der Waals surface area (Å²) in [4.78, 5) is 4.55. The number of hydrogen-bond donors (Lipinski definition) is 2. The summed E-state index contributed by atoms with van der Waals surface area (Å²) in [5, 5.41) is 21.4. The number of hydrogen-bond acceptors (Lipinski definition) is 8. The zero-order valence-electron chi connectivity index (χ0n) is 27.6. The molecule has 0 saturated carbocycles. The molecule has 0 radical (unpaired) electrons. The van der Waals surface area contributed by atoms with Crippen LogP contribution in [0.4, 0.5) is 0 Å². The second-order valence-corrected chi connectivity index (χ2v) is 20.0. The van der Waals surface area contributed by atoms with Gasteiger partial charge in [0.2, 0.25) is 0 Å². The van der Waals surface area contributed by atoms with Gasteiger partial charge in [0.25, 0.3) is 8.32 Å². The average molecular weight is 684 g/mol. The van der Waals surface area contributed by atoms with E-state index in [9.17, 15) is 18.5 Å². The Bertz CT molecular complexity index is 1830. The molecule has 4 heterocycles. The Morgan fingerprint density at radius 3 is 2.25 bits per heavy atom. The first-order chi connectivity index (χ1) is 23.0. The van der Waals surface area contributed by atoms with Gasteiger partial charge < -0.3 is 23.6 Å². The van der Waals surface area contributed by atoms with Crippen LogP contribution in [-0.2, 0) is 25.5 Å². The zero-order chi connectivity index (χ0) is 33.9. The SMILES string of the molecule is CC(C)(C)[Si](OCC1=C2[C@@H](CC/C(=C/c3ccc(CO)o3)c3ccccn3)OB(O)C[C@@H]2S(=O)(=O)C1)(c1ccccc1)c1ccccc1. The Labute approximate surface area is 284 Å². The second-order valence-electron chi connectivity index (χ2n) is 13.5. The summed E-state index contributed by atoms with van der Waals surface area (Å²) in [6.45, 7) is 6.53. The Balaban J connectivity index is 1.36. The van der Waals surface area contributed by atoms with Gasteiger partial charge in [-0.2, -0.15) is 0 Å². The molecular formula is C37H42BNO7SSi. The van der Waals surface area contributed by atoms with Crippen LogP contribution < -0.4 is 10.4 Å². The highest BCUT2D eigenvalue weighted by molar-refractivity contribution is 7.92. The molecule has 1 fully saturated rings. The zero-order valence-corrected chi connectivity index (χ0v) is 29.4. The molecule has 0 aliphatic carbocycles. The quantitative estimate of drug-likeness (QED) is 0.167. The van der Waals surface area contributed by atoms with Gasteiger partial charge in [0.05, 0.1) is 29.4 Å². The van der Waals surface area contributed by atoms with E-state index in [4.69, 9.17) is 13.5 Å². The van der Waals surface area contributed by atoms with Crippen molar-refractivity contribution in [1.29, 1.82) is 0 Å². The molecule has 2 atom stereocenters. The maximum absolute atomic E-state index is 13.7. The van der Waals surface area contributed by atoms with Crippen LogP contribution in [0.1, 0.15) is 50.8 Å². The van der Waals surface area contributed by atoms with E-state index in [0.29, 0.717) is 35.5 Å². The van der Waals surface area contributed by atoms with Gasteiger partial charge in [-0.25, -0.2) is 8.42 Å². The van der Waals surface area contributed by atoms with Gasteiger partial charge in [0, 0.05) is 12.5 Å². The third-order valence-electron chi connectivity index (χ3n) is 9.35. The first-order valence-electron chi connectivity index (χ1n) is 16.4. The average Bonchev–Trinajstić information content (AvgIpc) is 3.64. The molecule has 8 nitrogen and oxygen atoms in total. The molecule has 0 unspecified atom stereocenters. The van der Waals surface area contributed by atoms with Crippen LogP contribution in [0.25, 0.3) is 11.6 Å². The fourth-order valence-corrected chi connectivity index (χ4v) is 13.9. The minimum Gasteiger partial charge on any atom is -0.459 e. The Morgan fingerprint density at radius 1 is 1.00 bits per heavy atom. The van der Waals surface area contributed by atoms with Crippen molar-refractivity contribution in [2.75, 3.05) is 12.4 Å². The first kappa shape index (κ1) is 34.3. The molecule has 11 heteroatoms. The van der Waals surface area contributed by atoms with Crippen molar-refractivity contribution in [1.82, 2.24) is 4.98 Å². The van der Waals surface area contributed by atoms with Crippen molar-refractivity contribution >= 4 is 47.3 Å². The van der Waals surface area contributed by atoms with E-state index in [-0.39, 0.29) is 30.3 Å². The van der Waals surface area contributed by atoms with Crippen LogP contribution in [0.15, 0.2) is 113 Å². The van der Waals surface area contributed by atoms with Gasteiger partial charge in [-0.15, -0.1) is 0 Å². The number of sulfone groups is 1. The number of rotatable bonds is 11. The summed E-state index contributed by atoms with van der Waals surface area (Å²) < 4.78 is 46.4. The Morgan fingerprint density at radius 2 is 1.67 bits per heavy atom. The molecule has 6 rings (SSSR count).